The number of hydrogen-bond acceptors (Lipinski definition) is 5. The highest BCUT2D eigenvalue weighted by Crippen LogP contribution is 2.30. The second kappa shape index (κ2) is 8.86. The molecule has 30 heavy (non-hydrogen) atoms. The van der Waals surface area contributed by atoms with Gasteiger partial charge >= 0.3 is 0 Å². The first-order chi connectivity index (χ1) is 14.4. The van der Waals surface area contributed by atoms with Crippen molar-refractivity contribution in [3.05, 3.63) is 70.0 Å². The zero-order valence-electron chi connectivity index (χ0n) is 17.3. The number of rotatable bonds is 5. The molecule has 0 saturated carbocycles. The van der Waals surface area contributed by atoms with Crippen molar-refractivity contribution in [3.8, 4) is 17.8 Å². The third kappa shape index (κ3) is 4.07. The molecule has 2 aromatic heterocycles. The number of carbonyl (C=O) groups is 1. The number of pyridine rings is 1. The minimum atomic E-state index is -0.268. The predicted molar refractivity (Wildman–Crippen MR) is 118 cm³/mol. The van der Waals surface area contributed by atoms with Gasteiger partial charge in [-0.1, -0.05) is 30.0 Å². The van der Waals surface area contributed by atoms with E-state index in [1.807, 2.05) is 68.7 Å². The number of benzene rings is 1. The fourth-order valence-electron chi connectivity index (χ4n) is 3.31. The average Bonchev–Trinajstić information content (AvgIpc) is 2.96. The highest BCUT2D eigenvalue weighted by atomic mass is 32.2. The molecule has 1 N–H and O–H groups in total. The summed E-state index contributed by atoms with van der Waals surface area (Å²) in [6.07, 6.45) is 0. The van der Waals surface area contributed by atoms with Crippen LogP contribution in [0, 0.1) is 50.4 Å². The number of nitrogens with one attached hydrogen (secondary N) is 1. The van der Waals surface area contributed by atoms with Crippen LogP contribution in [0.3, 0.4) is 0 Å². The summed E-state index contributed by atoms with van der Waals surface area (Å²) in [5.41, 5.74) is 5.14. The molecule has 0 saturated heterocycles. The van der Waals surface area contributed by atoms with E-state index >= 15 is 0 Å². The number of carbonyl (C=O) groups excluding carboxylic acids is 1. The predicted octanol–water partition coefficient (Wildman–Crippen LogP) is 4.58. The van der Waals surface area contributed by atoms with E-state index in [2.05, 4.69) is 22.4 Å². The Labute approximate surface area is 180 Å². The van der Waals surface area contributed by atoms with Gasteiger partial charge in [0.15, 0.2) is 0 Å². The number of para-hydroxylation sites is 1. The number of aryl methyl sites for hydroxylation is 2. The molecule has 0 aliphatic rings. The summed E-state index contributed by atoms with van der Waals surface area (Å²) in [6.45, 7) is 7.51. The summed E-state index contributed by atoms with van der Waals surface area (Å²) in [4.78, 5) is 17.2. The molecule has 2 heterocycles. The highest BCUT2D eigenvalue weighted by Gasteiger charge is 2.21. The molecule has 7 heteroatoms. The van der Waals surface area contributed by atoms with Crippen molar-refractivity contribution in [1.82, 2.24) is 9.55 Å². The van der Waals surface area contributed by atoms with E-state index in [1.165, 1.54) is 11.8 Å². The third-order valence-corrected chi connectivity index (χ3v) is 5.84. The monoisotopic (exact) mass is 415 g/mol. The molecule has 0 unspecified atom stereocenters. The lowest BCUT2D eigenvalue weighted by atomic mass is 10.1. The van der Waals surface area contributed by atoms with E-state index in [4.69, 9.17) is 0 Å². The molecule has 1 amide bonds. The summed E-state index contributed by atoms with van der Waals surface area (Å²) in [5.74, 6) is 0.266. The Bertz CT molecular complexity index is 1200. The number of hydrogen-bond donors (Lipinski definition) is 1. The number of nitrogens with zero attached hydrogens (tertiary/aromatic N) is 4. The van der Waals surface area contributed by atoms with Crippen molar-refractivity contribution in [2.24, 2.45) is 0 Å². The van der Waals surface area contributed by atoms with Crippen molar-refractivity contribution < 1.29 is 4.79 Å². The van der Waals surface area contributed by atoms with E-state index in [-0.39, 0.29) is 11.7 Å². The van der Waals surface area contributed by atoms with Crippen molar-refractivity contribution in [2.75, 3.05) is 11.1 Å². The Morgan fingerprint density at radius 2 is 1.77 bits per heavy atom. The van der Waals surface area contributed by atoms with Crippen molar-refractivity contribution in [3.63, 3.8) is 0 Å². The van der Waals surface area contributed by atoms with Gasteiger partial charge in [0, 0.05) is 17.1 Å². The molecular formula is C23H21N5OS. The third-order valence-electron chi connectivity index (χ3n) is 4.86. The molecule has 0 bridgehead atoms. The number of anilines is 1. The summed E-state index contributed by atoms with van der Waals surface area (Å²) >= 11 is 1.22. The van der Waals surface area contributed by atoms with Crippen molar-refractivity contribution in [2.45, 2.75) is 32.7 Å². The molecule has 0 fully saturated rings. The van der Waals surface area contributed by atoms with Gasteiger partial charge in [0.25, 0.3) is 0 Å². The van der Waals surface area contributed by atoms with Gasteiger partial charge in [0.05, 0.1) is 16.9 Å². The van der Waals surface area contributed by atoms with Crippen LogP contribution in [0.15, 0.2) is 41.4 Å². The smallest absolute Gasteiger partial charge is 0.235 e. The molecule has 0 spiro atoms. The number of aromatic nitrogens is 2. The van der Waals surface area contributed by atoms with E-state index in [9.17, 15) is 15.3 Å². The summed E-state index contributed by atoms with van der Waals surface area (Å²) in [6, 6.07) is 15.8. The van der Waals surface area contributed by atoms with Crippen LogP contribution >= 0.6 is 11.8 Å². The zero-order valence-corrected chi connectivity index (χ0v) is 18.1. The van der Waals surface area contributed by atoms with Crippen LogP contribution in [0.4, 0.5) is 5.82 Å². The molecular weight excluding hydrogens is 394 g/mol. The van der Waals surface area contributed by atoms with Crippen molar-refractivity contribution >= 4 is 23.5 Å². The van der Waals surface area contributed by atoms with E-state index < -0.39 is 0 Å². The SMILES string of the molecule is Cc1cc(C)c(C#N)c(SCC(=O)Nc2c(C#N)c(C)c(C)n2-c2ccccc2)n1. The molecule has 150 valence electrons. The standard InChI is InChI=1S/C23H21N5OS/c1-14-10-15(2)26-23(19(14)11-24)30-13-21(29)27-22-20(12-25)16(3)17(4)28(22)18-8-6-5-7-9-18/h5-10H,13H2,1-4H3,(H,27,29). The maximum atomic E-state index is 12.8. The lowest BCUT2D eigenvalue weighted by Crippen LogP contribution is -2.18. The summed E-state index contributed by atoms with van der Waals surface area (Å²) < 4.78 is 1.88. The first-order valence-corrected chi connectivity index (χ1v) is 10.3. The van der Waals surface area contributed by atoms with Crippen LogP contribution in [0.1, 0.15) is 33.6 Å². The number of amides is 1. The van der Waals surface area contributed by atoms with Crippen LogP contribution in [0.2, 0.25) is 0 Å². The fourth-order valence-corrected chi connectivity index (χ4v) is 4.21. The van der Waals surface area contributed by atoms with E-state index in [0.717, 1.165) is 28.2 Å². The Kier molecular flexibility index (Phi) is 6.25. The van der Waals surface area contributed by atoms with Crippen LogP contribution < -0.4 is 5.32 Å². The van der Waals surface area contributed by atoms with Gasteiger partial charge in [-0.2, -0.15) is 10.5 Å². The Morgan fingerprint density at radius 1 is 1.10 bits per heavy atom. The maximum absolute atomic E-state index is 12.8. The molecule has 0 aliphatic heterocycles. The van der Waals surface area contributed by atoms with Gasteiger partial charge in [0.1, 0.15) is 23.0 Å². The number of nitriles is 2. The van der Waals surface area contributed by atoms with Crippen LogP contribution in [0.5, 0.6) is 0 Å². The van der Waals surface area contributed by atoms with E-state index in [0.29, 0.717) is 22.0 Å². The minimum Gasteiger partial charge on any atom is -0.310 e. The number of thioether (sulfide) groups is 1. The zero-order chi connectivity index (χ0) is 21.8. The Morgan fingerprint density at radius 3 is 2.40 bits per heavy atom. The van der Waals surface area contributed by atoms with Gasteiger partial charge in [0.2, 0.25) is 5.91 Å². The Hall–Kier alpha value is -3.55. The van der Waals surface area contributed by atoms with Gasteiger partial charge in [-0.15, -0.1) is 0 Å². The first-order valence-electron chi connectivity index (χ1n) is 9.35. The summed E-state index contributed by atoms with van der Waals surface area (Å²) in [5, 5.41) is 22.5. The van der Waals surface area contributed by atoms with E-state index in [1.54, 1.807) is 0 Å². The molecule has 6 nitrogen and oxygen atoms in total. The van der Waals surface area contributed by atoms with Gasteiger partial charge in [-0.3, -0.25) is 9.36 Å². The van der Waals surface area contributed by atoms with Crippen LogP contribution in [-0.4, -0.2) is 21.2 Å². The molecule has 3 aromatic rings. The highest BCUT2D eigenvalue weighted by molar-refractivity contribution is 8.00. The maximum Gasteiger partial charge on any atom is 0.235 e. The second-order valence-electron chi connectivity index (χ2n) is 6.93. The van der Waals surface area contributed by atoms with Crippen molar-refractivity contribution in [1.29, 1.82) is 10.5 Å². The first kappa shape index (κ1) is 21.2. The molecule has 1 aromatic carbocycles. The quantitative estimate of drug-likeness (QED) is 0.616. The lowest BCUT2D eigenvalue weighted by molar-refractivity contribution is -0.113. The molecule has 0 aliphatic carbocycles. The summed E-state index contributed by atoms with van der Waals surface area (Å²) in [7, 11) is 0. The largest absolute Gasteiger partial charge is 0.310 e. The van der Waals surface area contributed by atoms with Gasteiger partial charge in [-0.25, -0.2) is 4.98 Å². The molecule has 3 rings (SSSR count). The van der Waals surface area contributed by atoms with Crippen LogP contribution in [0.25, 0.3) is 5.69 Å². The van der Waals surface area contributed by atoms with Crippen LogP contribution in [-0.2, 0) is 4.79 Å². The van der Waals surface area contributed by atoms with Gasteiger partial charge in [-0.05, 0) is 57.0 Å². The normalized spacial score (nSPS) is 10.3. The fraction of sp³-hybridized carbons (Fsp3) is 0.217. The average molecular weight is 416 g/mol. The molecule has 0 radical (unpaired) electrons. The second-order valence-corrected chi connectivity index (χ2v) is 7.89. The topological polar surface area (TPSA) is 94.5 Å². The lowest BCUT2D eigenvalue weighted by Gasteiger charge is -2.13. The van der Waals surface area contributed by atoms with Gasteiger partial charge < -0.3 is 5.32 Å². The molecule has 0 atom stereocenters. The minimum absolute atomic E-state index is 0.0769. The Balaban J connectivity index is 1.89.